The average Bonchev–Trinajstić information content (AvgIpc) is 2.33. The number of benzene rings is 1. The third-order valence-corrected chi connectivity index (χ3v) is 2.23. The summed E-state index contributed by atoms with van der Waals surface area (Å²) in [7, 11) is 1.52. The van der Waals surface area contributed by atoms with E-state index in [1.807, 2.05) is 30.3 Å². The fourth-order valence-electron chi connectivity index (χ4n) is 1.32. The number of hydrogen-bond donors (Lipinski definition) is 2. The largest absolute Gasteiger partial charge is 0.390 e. The lowest BCUT2D eigenvalue weighted by Gasteiger charge is -2.12. The van der Waals surface area contributed by atoms with Gasteiger partial charge in [0, 0.05) is 20.1 Å². The van der Waals surface area contributed by atoms with Crippen LogP contribution in [-0.2, 0) is 6.54 Å². The summed E-state index contributed by atoms with van der Waals surface area (Å²) in [6.45, 7) is 0.338. The lowest BCUT2D eigenvalue weighted by atomic mass is 10.2. The first-order chi connectivity index (χ1) is 8.51. The lowest BCUT2D eigenvalue weighted by molar-refractivity contribution is -0.132. The molecule has 2 N–H and O–H groups in total. The molecule has 0 aromatic heterocycles. The maximum Gasteiger partial charge on any atom is 0.390 e. The van der Waals surface area contributed by atoms with Crippen LogP contribution in [0.1, 0.15) is 12.0 Å². The Kier molecular flexibility index (Phi) is 5.48. The molecule has 0 fully saturated rings. The number of guanidine groups is 1. The third-order valence-electron chi connectivity index (χ3n) is 2.23. The first kappa shape index (κ1) is 14.3. The topological polar surface area (TPSA) is 36.4 Å². The second-order valence-corrected chi connectivity index (χ2v) is 3.70. The van der Waals surface area contributed by atoms with E-state index in [-0.39, 0.29) is 6.54 Å². The number of aliphatic imine (C=N–C) groups is 1. The van der Waals surface area contributed by atoms with Gasteiger partial charge >= 0.3 is 6.18 Å². The van der Waals surface area contributed by atoms with Crippen molar-refractivity contribution in [1.29, 1.82) is 0 Å². The molecule has 1 rings (SSSR count). The van der Waals surface area contributed by atoms with Gasteiger partial charge in [-0.3, -0.25) is 4.99 Å². The average molecular weight is 259 g/mol. The van der Waals surface area contributed by atoms with Crippen LogP contribution in [0.2, 0.25) is 0 Å². The van der Waals surface area contributed by atoms with Gasteiger partial charge in [0.2, 0.25) is 0 Å². The van der Waals surface area contributed by atoms with E-state index >= 15 is 0 Å². The zero-order chi connectivity index (χ0) is 13.4. The van der Waals surface area contributed by atoms with E-state index in [0.29, 0.717) is 12.5 Å². The SMILES string of the molecule is CN=C(NCCC(F)(F)F)NCc1ccccc1. The predicted octanol–water partition coefficient (Wildman–Crippen LogP) is 2.30. The highest BCUT2D eigenvalue weighted by atomic mass is 19.4. The smallest absolute Gasteiger partial charge is 0.356 e. The molecule has 0 saturated heterocycles. The molecule has 0 saturated carbocycles. The molecule has 18 heavy (non-hydrogen) atoms. The van der Waals surface area contributed by atoms with Crippen molar-refractivity contribution in [2.24, 2.45) is 4.99 Å². The van der Waals surface area contributed by atoms with Crippen molar-refractivity contribution in [2.45, 2.75) is 19.1 Å². The van der Waals surface area contributed by atoms with Gasteiger partial charge in [-0.25, -0.2) is 0 Å². The summed E-state index contributed by atoms with van der Waals surface area (Å²) in [4.78, 5) is 3.85. The molecule has 0 radical (unpaired) electrons. The zero-order valence-electron chi connectivity index (χ0n) is 10.1. The van der Waals surface area contributed by atoms with Crippen LogP contribution in [-0.4, -0.2) is 25.7 Å². The first-order valence-corrected chi connectivity index (χ1v) is 5.56. The predicted molar refractivity (Wildman–Crippen MR) is 65.3 cm³/mol. The highest BCUT2D eigenvalue weighted by Gasteiger charge is 2.26. The monoisotopic (exact) mass is 259 g/mol. The van der Waals surface area contributed by atoms with Gasteiger partial charge in [0.05, 0.1) is 6.42 Å². The number of hydrogen-bond acceptors (Lipinski definition) is 1. The Labute approximate surface area is 104 Å². The maximum absolute atomic E-state index is 12.0. The molecule has 6 heteroatoms. The molecule has 0 aliphatic heterocycles. The zero-order valence-corrected chi connectivity index (χ0v) is 10.1. The molecule has 0 unspecified atom stereocenters. The summed E-state index contributed by atoms with van der Waals surface area (Å²) < 4.78 is 35.9. The minimum atomic E-state index is -4.15. The van der Waals surface area contributed by atoms with Gasteiger partial charge < -0.3 is 10.6 Å². The van der Waals surface area contributed by atoms with Crippen molar-refractivity contribution < 1.29 is 13.2 Å². The number of halogens is 3. The van der Waals surface area contributed by atoms with Gasteiger partial charge in [0.1, 0.15) is 0 Å². The van der Waals surface area contributed by atoms with Crippen molar-refractivity contribution in [2.75, 3.05) is 13.6 Å². The first-order valence-electron chi connectivity index (χ1n) is 5.56. The third kappa shape index (κ3) is 6.12. The van der Waals surface area contributed by atoms with E-state index in [2.05, 4.69) is 15.6 Å². The van der Waals surface area contributed by atoms with Crippen LogP contribution in [0.3, 0.4) is 0 Å². The summed E-state index contributed by atoms with van der Waals surface area (Å²) in [6, 6.07) is 9.56. The molecule has 3 nitrogen and oxygen atoms in total. The van der Waals surface area contributed by atoms with Crippen LogP contribution in [0.4, 0.5) is 13.2 Å². The van der Waals surface area contributed by atoms with Gasteiger partial charge in [-0.1, -0.05) is 30.3 Å². The molecule has 100 valence electrons. The van der Waals surface area contributed by atoms with Gasteiger partial charge in [-0.05, 0) is 5.56 Å². The van der Waals surface area contributed by atoms with Crippen LogP contribution < -0.4 is 10.6 Å². The maximum atomic E-state index is 12.0. The van der Waals surface area contributed by atoms with Crippen LogP contribution in [0.15, 0.2) is 35.3 Å². The van der Waals surface area contributed by atoms with Crippen LogP contribution >= 0.6 is 0 Å². The van der Waals surface area contributed by atoms with E-state index in [1.165, 1.54) is 7.05 Å². The summed E-state index contributed by atoms with van der Waals surface area (Å²) >= 11 is 0. The van der Waals surface area contributed by atoms with Crippen molar-refractivity contribution in [3.05, 3.63) is 35.9 Å². The summed E-state index contributed by atoms with van der Waals surface area (Å²) in [6.07, 6.45) is -5.02. The minimum absolute atomic E-state index is 0.183. The van der Waals surface area contributed by atoms with Crippen molar-refractivity contribution in [3.8, 4) is 0 Å². The molecule has 0 aliphatic carbocycles. The van der Waals surface area contributed by atoms with Crippen molar-refractivity contribution in [3.63, 3.8) is 0 Å². The van der Waals surface area contributed by atoms with Crippen molar-refractivity contribution >= 4 is 5.96 Å². The second kappa shape index (κ2) is 6.88. The molecule has 1 aromatic rings. The van der Waals surface area contributed by atoms with E-state index in [1.54, 1.807) is 0 Å². The second-order valence-electron chi connectivity index (χ2n) is 3.70. The highest BCUT2D eigenvalue weighted by Crippen LogP contribution is 2.17. The molecule has 0 bridgehead atoms. The van der Waals surface area contributed by atoms with E-state index in [9.17, 15) is 13.2 Å². The Bertz CT molecular complexity index is 374. The normalized spacial score (nSPS) is 12.3. The molecule has 0 atom stereocenters. The molecular weight excluding hydrogens is 243 g/mol. The molecular formula is C12H16F3N3. The molecule has 1 aromatic carbocycles. The Hall–Kier alpha value is -1.72. The van der Waals surface area contributed by atoms with Crippen LogP contribution in [0.5, 0.6) is 0 Å². The summed E-state index contributed by atoms with van der Waals surface area (Å²) in [5.41, 5.74) is 1.04. The number of rotatable bonds is 4. The minimum Gasteiger partial charge on any atom is -0.356 e. The molecule has 0 aliphatic rings. The fourth-order valence-corrected chi connectivity index (χ4v) is 1.32. The van der Waals surface area contributed by atoms with Crippen LogP contribution in [0.25, 0.3) is 0 Å². The van der Waals surface area contributed by atoms with Gasteiger partial charge in [-0.15, -0.1) is 0 Å². The van der Waals surface area contributed by atoms with Gasteiger partial charge in [-0.2, -0.15) is 13.2 Å². The Morgan fingerprint density at radius 2 is 1.83 bits per heavy atom. The molecule has 0 heterocycles. The Morgan fingerprint density at radius 3 is 2.39 bits per heavy atom. The number of nitrogens with zero attached hydrogens (tertiary/aromatic N) is 1. The standard InChI is InChI=1S/C12H16F3N3/c1-16-11(17-8-7-12(13,14)15)18-9-10-5-3-2-4-6-10/h2-6H,7-9H2,1H3,(H2,16,17,18). The number of nitrogens with one attached hydrogen (secondary N) is 2. The molecule has 0 spiro atoms. The highest BCUT2D eigenvalue weighted by molar-refractivity contribution is 5.79. The fraction of sp³-hybridized carbons (Fsp3) is 0.417. The lowest BCUT2D eigenvalue weighted by Crippen LogP contribution is -2.38. The van der Waals surface area contributed by atoms with Gasteiger partial charge in [0.25, 0.3) is 0 Å². The quantitative estimate of drug-likeness (QED) is 0.643. The van der Waals surface area contributed by atoms with E-state index in [4.69, 9.17) is 0 Å². The summed E-state index contributed by atoms with van der Waals surface area (Å²) in [5.74, 6) is 0.364. The Balaban J connectivity index is 2.31. The van der Waals surface area contributed by atoms with Gasteiger partial charge in [0.15, 0.2) is 5.96 Å². The summed E-state index contributed by atoms with van der Waals surface area (Å²) in [5, 5.41) is 5.56. The number of alkyl halides is 3. The van der Waals surface area contributed by atoms with E-state index < -0.39 is 12.6 Å². The Morgan fingerprint density at radius 1 is 1.17 bits per heavy atom. The van der Waals surface area contributed by atoms with Crippen LogP contribution in [0, 0.1) is 0 Å². The van der Waals surface area contributed by atoms with Crippen molar-refractivity contribution in [1.82, 2.24) is 10.6 Å². The van der Waals surface area contributed by atoms with E-state index in [0.717, 1.165) is 5.56 Å². The molecule has 0 amide bonds.